The van der Waals surface area contributed by atoms with Crippen molar-refractivity contribution >= 4 is 0 Å². The second-order valence-electron chi connectivity index (χ2n) is 10.6. The molecule has 0 radical (unpaired) electrons. The van der Waals surface area contributed by atoms with Crippen LogP contribution in [0.5, 0.6) is 0 Å². The van der Waals surface area contributed by atoms with Gasteiger partial charge in [0.25, 0.3) is 0 Å². The summed E-state index contributed by atoms with van der Waals surface area (Å²) in [4.78, 5) is 0. The molecule has 0 spiro atoms. The number of unbranched alkanes of at least 4 members (excludes halogenated alkanes) is 12. The molecule has 1 heteroatoms. The molecule has 0 aliphatic rings. The van der Waals surface area contributed by atoms with Crippen LogP contribution in [-0.2, 0) is 19.5 Å². The van der Waals surface area contributed by atoms with Crippen molar-refractivity contribution in [3.05, 3.63) is 13.8 Å². The zero-order valence-electron chi connectivity index (χ0n) is 20.1. The Balaban J connectivity index is -0.000000411. The monoisotopic (exact) mass is 468 g/mol. The van der Waals surface area contributed by atoms with Gasteiger partial charge in [0.05, 0.1) is 0 Å². The van der Waals surface area contributed by atoms with E-state index in [1.807, 2.05) is 0 Å². The molecule has 0 unspecified atom stereocenters. The third kappa shape index (κ3) is 38.0. The van der Waals surface area contributed by atoms with Gasteiger partial charge in [0.2, 0.25) is 0 Å². The molecule has 0 heterocycles. The summed E-state index contributed by atoms with van der Waals surface area (Å²) >= 11 is 0. The van der Waals surface area contributed by atoms with Crippen LogP contribution in [0.15, 0.2) is 0 Å². The molecule has 0 bridgehead atoms. The van der Waals surface area contributed by atoms with Gasteiger partial charge in [-0.1, -0.05) is 119 Å². The maximum atomic E-state index is 3.85. The van der Waals surface area contributed by atoms with E-state index in [9.17, 15) is 0 Å². The molecule has 0 nitrogen and oxygen atoms in total. The number of rotatable bonds is 14. The fourth-order valence-corrected chi connectivity index (χ4v) is 3.08. The first-order chi connectivity index (χ1) is 12.1. The molecule has 0 saturated carbocycles. The van der Waals surface area contributed by atoms with E-state index in [4.69, 9.17) is 0 Å². The Labute approximate surface area is 188 Å². The topological polar surface area (TPSA) is 0 Å². The normalized spacial score (nSPS) is 11.6. The molecule has 0 atom stereocenters. The van der Waals surface area contributed by atoms with Gasteiger partial charge in [-0.25, -0.2) is 0 Å². The van der Waals surface area contributed by atoms with E-state index in [1.54, 1.807) is 0 Å². The van der Waals surface area contributed by atoms with Gasteiger partial charge in [-0.05, 0) is 23.7 Å². The largest absolute Gasteiger partial charge is 2.00 e. The predicted octanol–water partition coefficient (Wildman–Crippen LogP) is 9.97. The molecule has 0 aromatic carbocycles. The van der Waals surface area contributed by atoms with Crippen LogP contribution in [0, 0.1) is 24.7 Å². The third-order valence-corrected chi connectivity index (χ3v) is 4.85. The van der Waals surface area contributed by atoms with Gasteiger partial charge in [-0.2, -0.15) is 12.8 Å². The summed E-state index contributed by atoms with van der Waals surface area (Å²) in [6, 6.07) is 0. The second kappa shape index (κ2) is 21.3. The number of hydrogen-bond donors (Lipinski definition) is 0. The fourth-order valence-electron chi connectivity index (χ4n) is 3.08. The van der Waals surface area contributed by atoms with Gasteiger partial charge < -0.3 is 13.8 Å². The second-order valence-corrected chi connectivity index (χ2v) is 10.6. The van der Waals surface area contributed by atoms with E-state index in [1.165, 1.54) is 89.9 Å². The molecule has 0 saturated heterocycles. The van der Waals surface area contributed by atoms with Gasteiger partial charge in [0.1, 0.15) is 0 Å². The van der Waals surface area contributed by atoms with Crippen molar-refractivity contribution < 1.29 is 19.5 Å². The maximum Gasteiger partial charge on any atom is 2.00 e. The van der Waals surface area contributed by atoms with Crippen molar-refractivity contribution in [3.63, 3.8) is 0 Å². The van der Waals surface area contributed by atoms with Crippen LogP contribution in [0.1, 0.15) is 144 Å². The Kier molecular flexibility index (Phi) is 25.5. The Bertz CT molecular complexity index is 228. The zero-order chi connectivity index (χ0) is 20.3. The van der Waals surface area contributed by atoms with E-state index < -0.39 is 0 Å². The summed E-state index contributed by atoms with van der Waals surface area (Å²) in [6.45, 7) is 21.7. The molecular formula is C26H54Ru. The SMILES string of the molecule is [CH2-]CCCCCCCCC(C)(C)C.[CH2-]CCCCCCCCC(C)(C)C.[Ru+2]. The summed E-state index contributed by atoms with van der Waals surface area (Å²) in [7, 11) is 0. The Morgan fingerprint density at radius 1 is 0.407 bits per heavy atom. The van der Waals surface area contributed by atoms with Crippen LogP contribution < -0.4 is 0 Å². The van der Waals surface area contributed by atoms with Crippen molar-refractivity contribution in [2.75, 3.05) is 0 Å². The molecule has 27 heavy (non-hydrogen) atoms. The fraction of sp³-hybridized carbons (Fsp3) is 0.923. The van der Waals surface area contributed by atoms with Gasteiger partial charge in [-0.3, -0.25) is 0 Å². The minimum absolute atomic E-state index is 0. The van der Waals surface area contributed by atoms with Crippen LogP contribution >= 0.6 is 0 Å². The van der Waals surface area contributed by atoms with Gasteiger partial charge in [-0.15, -0.1) is 0 Å². The molecule has 0 N–H and O–H groups in total. The van der Waals surface area contributed by atoms with E-state index >= 15 is 0 Å². The van der Waals surface area contributed by atoms with E-state index in [0.29, 0.717) is 10.8 Å². The van der Waals surface area contributed by atoms with Gasteiger partial charge in [0, 0.05) is 0 Å². The van der Waals surface area contributed by atoms with E-state index in [2.05, 4.69) is 55.4 Å². The molecule has 0 aliphatic carbocycles. The van der Waals surface area contributed by atoms with Crippen molar-refractivity contribution in [2.45, 2.75) is 144 Å². The van der Waals surface area contributed by atoms with E-state index in [0.717, 1.165) is 12.8 Å². The third-order valence-electron chi connectivity index (χ3n) is 4.85. The first-order valence-electron chi connectivity index (χ1n) is 11.7. The van der Waals surface area contributed by atoms with Crippen LogP contribution in [0.4, 0.5) is 0 Å². The molecule has 0 aromatic heterocycles. The average Bonchev–Trinajstić information content (AvgIpc) is 2.52. The Hall–Kier alpha value is 0.623. The van der Waals surface area contributed by atoms with Crippen LogP contribution in [-0.4, -0.2) is 0 Å². The van der Waals surface area contributed by atoms with Crippen LogP contribution in [0.3, 0.4) is 0 Å². The standard InChI is InChI=1S/2C13H27.Ru/c2*1-5-6-7-8-9-10-11-12-13(2,3)4;/h2*1,5-12H2,2-4H3;/q2*-1;+2. The molecule has 0 aromatic rings. The maximum absolute atomic E-state index is 3.85. The van der Waals surface area contributed by atoms with Crippen LogP contribution in [0.2, 0.25) is 0 Å². The minimum atomic E-state index is 0. The molecular weight excluding hydrogens is 413 g/mol. The summed E-state index contributed by atoms with van der Waals surface area (Å²) in [5, 5.41) is 0. The molecule has 0 aliphatic heterocycles. The molecule has 0 rings (SSSR count). The quantitative estimate of drug-likeness (QED) is 0.135. The molecule has 0 fully saturated rings. The summed E-state index contributed by atoms with van der Waals surface area (Å²) < 4.78 is 0. The summed E-state index contributed by atoms with van der Waals surface area (Å²) in [5.74, 6) is 0. The van der Waals surface area contributed by atoms with Crippen LogP contribution in [0.25, 0.3) is 0 Å². The predicted molar refractivity (Wildman–Crippen MR) is 123 cm³/mol. The smallest absolute Gasteiger partial charge is 0.343 e. The van der Waals surface area contributed by atoms with Crippen molar-refractivity contribution in [1.82, 2.24) is 0 Å². The molecule has 0 amide bonds. The first-order valence-corrected chi connectivity index (χ1v) is 11.7. The summed E-state index contributed by atoms with van der Waals surface area (Å²) in [6.07, 6.45) is 21.8. The average molecular weight is 468 g/mol. The minimum Gasteiger partial charge on any atom is -0.343 e. The number of hydrogen-bond acceptors (Lipinski definition) is 0. The Morgan fingerprint density at radius 3 is 0.852 bits per heavy atom. The molecule has 166 valence electrons. The van der Waals surface area contributed by atoms with Gasteiger partial charge >= 0.3 is 19.5 Å². The van der Waals surface area contributed by atoms with Crippen molar-refractivity contribution in [1.29, 1.82) is 0 Å². The van der Waals surface area contributed by atoms with E-state index in [-0.39, 0.29) is 19.5 Å². The Morgan fingerprint density at radius 2 is 0.630 bits per heavy atom. The van der Waals surface area contributed by atoms with Crippen molar-refractivity contribution in [2.24, 2.45) is 10.8 Å². The van der Waals surface area contributed by atoms with Crippen molar-refractivity contribution in [3.8, 4) is 0 Å². The summed E-state index contributed by atoms with van der Waals surface area (Å²) in [5.41, 5.74) is 1.07. The zero-order valence-corrected chi connectivity index (χ0v) is 21.8. The van der Waals surface area contributed by atoms with Gasteiger partial charge in [0.15, 0.2) is 0 Å². The first kappa shape index (κ1) is 32.3.